The van der Waals surface area contributed by atoms with Crippen molar-refractivity contribution >= 4 is 19.7 Å². The molecular weight excluding hydrogens is 338 g/mol. The van der Waals surface area contributed by atoms with Gasteiger partial charge in [0.25, 0.3) is 14.9 Å². The third-order valence-corrected chi connectivity index (χ3v) is 5.29. The molecule has 0 saturated carbocycles. The maximum absolute atomic E-state index is 12.0. The first-order valence-electron chi connectivity index (χ1n) is 6.80. The molecule has 0 fully saturated rings. The zero-order valence-corrected chi connectivity index (χ0v) is 14.3. The Hall–Kier alpha value is -2.12. The molecule has 6 nitrogen and oxygen atoms in total. The normalized spacial score (nSPS) is 11.8. The number of halogens is 1. The minimum absolute atomic E-state index is 0.00225. The van der Waals surface area contributed by atoms with Gasteiger partial charge in [0, 0.05) is 34.7 Å². The summed E-state index contributed by atoms with van der Waals surface area (Å²) in [4.78, 5) is 4.33. The van der Waals surface area contributed by atoms with E-state index in [-0.39, 0.29) is 10.8 Å². The molecule has 0 unspecified atom stereocenters. The summed E-state index contributed by atoms with van der Waals surface area (Å²) in [7, 11) is 3.41. The van der Waals surface area contributed by atoms with Crippen molar-refractivity contribution in [2.24, 2.45) is 7.05 Å². The lowest BCUT2D eigenvalue weighted by atomic mass is 10.2. The Bertz CT molecular complexity index is 975. The Morgan fingerprint density at radius 2 is 1.78 bits per heavy atom. The molecule has 0 bridgehead atoms. The van der Waals surface area contributed by atoms with Crippen LogP contribution in [0.25, 0.3) is 22.8 Å². The largest absolute Gasteiger partial charge is 0.350 e. The van der Waals surface area contributed by atoms with E-state index in [9.17, 15) is 8.42 Å². The molecule has 0 amide bonds. The number of benzene rings is 1. The van der Waals surface area contributed by atoms with Gasteiger partial charge in [-0.3, -0.25) is 0 Å². The van der Waals surface area contributed by atoms with Gasteiger partial charge < -0.3 is 9.09 Å². The van der Waals surface area contributed by atoms with Gasteiger partial charge in [-0.25, -0.2) is 8.42 Å². The lowest BCUT2D eigenvalue weighted by Crippen LogP contribution is -1.96. The van der Waals surface area contributed by atoms with Crippen molar-refractivity contribution in [1.29, 1.82) is 0 Å². The second-order valence-electron chi connectivity index (χ2n) is 5.16. The van der Waals surface area contributed by atoms with Crippen LogP contribution in [0, 0.1) is 13.8 Å². The summed E-state index contributed by atoms with van der Waals surface area (Å²) in [6.07, 6.45) is 0. The Morgan fingerprint density at radius 1 is 1.13 bits per heavy atom. The van der Waals surface area contributed by atoms with Crippen LogP contribution in [0.4, 0.5) is 0 Å². The fourth-order valence-electron chi connectivity index (χ4n) is 2.50. The van der Waals surface area contributed by atoms with Gasteiger partial charge in [-0.2, -0.15) is 4.98 Å². The molecule has 0 aliphatic rings. The van der Waals surface area contributed by atoms with Gasteiger partial charge >= 0.3 is 0 Å². The van der Waals surface area contributed by atoms with E-state index in [4.69, 9.17) is 15.2 Å². The van der Waals surface area contributed by atoms with Crippen molar-refractivity contribution < 1.29 is 12.9 Å². The maximum Gasteiger partial charge on any atom is 0.263 e. The van der Waals surface area contributed by atoms with Crippen molar-refractivity contribution in [3.63, 3.8) is 0 Å². The van der Waals surface area contributed by atoms with Crippen LogP contribution in [-0.4, -0.2) is 23.1 Å². The quantitative estimate of drug-likeness (QED) is 0.676. The first kappa shape index (κ1) is 15.8. The van der Waals surface area contributed by atoms with Crippen LogP contribution in [0.2, 0.25) is 0 Å². The Labute approximate surface area is 138 Å². The smallest absolute Gasteiger partial charge is 0.263 e. The fraction of sp³-hybridized carbons (Fsp3) is 0.200. The molecule has 2 aromatic heterocycles. The van der Waals surface area contributed by atoms with Crippen molar-refractivity contribution in [3.8, 4) is 22.8 Å². The van der Waals surface area contributed by atoms with Crippen LogP contribution in [-0.2, 0) is 16.1 Å². The first-order valence-corrected chi connectivity index (χ1v) is 9.11. The summed E-state index contributed by atoms with van der Waals surface area (Å²) in [5, 5.41) is 3.93. The van der Waals surface area contributed by atoms with E-state index < -0.39 is 9.05 Å². The maximum atomic E-state index is 12.0. The SMILES string of the molecule is Cc1c(-c2nc(-c3ccccc3)no2)c(S(=O)(=O)Cl)c(C)n1C. The third-order valence-electron chi connectivity index (χ3n) is 3.84. The van der Waals surface area contributed by atoms with E-state index in [0.29, 0.717) is 22.8 Å². The van der Waals surface area contributed by atoms with Gasteiger partial charge in [0.05, 0.1) is 5.56 Å². The van der Waals surface area contributed by atoms with E-state index >= 15 is 0 Å². The van der Waals surface area contributed by atoms with Gasteiger partial charge in [0.1, 0.15) is 4.90 Å². The highest BCUT2D eigenvalue weighted by Crippen LogP contribution is 2.36. The lowest BCUT2D eigenvalue weighted by molar-refractivity contribution is 0.431. The van der Waals surface area contributed by atoms with E-state index in [1.165, 1.54) is 0 Å². The average Bonchev–Trinajstić information content (AvgIpc) is 3.07. The number of aromatic nitrogens is 3. The highest BCUT2D eigenvalue weighted by molar-refractivity contribution is 8.13. The van der Waals surface area contributed by atoms with Crippen LogP contribution in [0.15, 0.2) is 39.8 Å². The highest BCUT2D eigenvalue weighted by Gasteiger charge is 2.29. The average molecular weight is 352 g/mol. The molecule has 0 N–H and O–H groups in total. The highest BCUT2D eigenvalue weighted by atomic mass is 35.7. The fourth-order valence-corrected chi connectivity index (χ4v) is 4.03. The van der Waals surface area contributed by atoms with Crippen molar-refractivity contribution in [3.05, 3.63) is 41.7 Å². The van der Waals surface area contributed by atoms with Crippen LogP contribution in [0.5, 0.6) is 0 Å². The minimum atomic E-state index is -3.95. The standard InChI is InChI=1S/C15H14ClN3O3S/c1-9-12(13(23(16,20)21)10(2)19(9)3)15-17-14(18-22-15)11-7-5-4-6-8-11/h4-8H,1-3H3. The second kappa shape index (κ2) is 5.50. The molecule has 0 saturated heterocycles. The molecule has 120 valence electrons. The molecule has 0 spiro atoms. The molecule has 0 aliphatic carbocycles. The summed E-state index contributed by atoms with van der Waals surface area (Å²) >= 11 is 0. The zero-order chi connectivity index (χ0) is 16.8. The zero-order valence-electron chi connectivity index (χ0n) is 12.7. The molecule has 23 heavy (non-hydrogen) atoms. The summed E-state index contributed by atoms with van der Waals surface area (Å²) in [6, 6.07) is 9.29. The van der Waals surface area contributed by atoms with E-state index in [2.05, 4.69) is 10.1 Å². The molecule has 3 aromatic rings. The van der Waals surface area contributed by atoms with Crippen LogP contribution < -0.4 is 0 Å². The van der Waals surface area contributed by atoms with Gasteiger partial charge in [-0.05, 0) is 13.8 Å². The summed E-state index contributed by atoms with van der Waals surface area (Å²) < 4.78 is 30.9. The van der Waals surface area contributed by atoms with Crippen molar-refractivity contribution in [1.82, 2.24) is 14.7 Å². The molecule has 1 aromatic carbocycles. The Kier molecular flexibility index (Phi) is 3.77. The van der Waals surface area contributed by atoms with Crippen molar-refractivity contribution in [2.45, 2.75) is 18.7 Å². The van der Waals surface area contributed by atoms with Crippen molar-refractivity contribution in [2.75, 3.05) is 0 Å². The number of rotatable bonds is 3. The van der Waals surface area contributed by atoms with E-state index in [1.54, 1.807) is 25.5 Å². The van der Waals surface area contributed by atoms with E-state index in [1.807, 2.05) is 30.3 Å². The van der Waals surface area contributed by atoms with Crippen LogP contribution >= 0.6 is 10.7 Å². The lowest BCUT2D eigenvalue weighted by Gasteiger charge is -1.98. The van der Waals surface area contributed by atoms with Gasteiger partial charge in [-0.1, -0.05) is 35.5 Å². The Morgan fingerprint density at radius 3 is 2.39 bits per heavy atom. The predicted octanol–water partition coefficient (Wildman–Crippen LogP) is 3.29. The van der Waals surface area contributed by atoms with Gasteiger partial charge in [0.2, 0.25) is 5.82 Å². The topological polar surface area (TPSA) is 78.0 Å². The van der Waals surface area contributed by atoms with Gasteiger partial charge in [-0.15, -0.1) is 0 Å². The molecule has 0 aliphatic heterocycles. The van der Waals surface area contributed by atoms with Crippen LogP contribution in [0.3, 0.4) is 0 Å². The number of hydrogen-bond acceptors (Lipinski definition) is 5. The van der Waals surface area contributed by atoms with E-state index in [0.717, 1.165) is 5.56 Å². The molecule has 3 rings (SSSR count). The summed E-state index contributed by atoms with van der Waals surface area (Å²) in [5.41, 5.74) is 2.33. The monoisotopic (exact) mass is 351 g/mol. The molecule has 2 heterocycles. The molecule has 0 radical (unpaired) electrons. The minimum Gasteiger partial charge on any atom is -0.350 e. The van der Waals surface area contributed by atoms with Gasteiger partial charge in [0.15, 0.2) is 0 Å². The first-order chi connectivity index (χ1) is 10.8. The third kappa shape index (κ3) is 2.66. The molecular formula is C15H14ClN3O3S. The summed E-state index contributed by atoms with van der Waals surface area (Å²) in [6.45, 7) is 3.46. The van der Waals surface area contributed by atoms with Crippen LogP contribution in [0.1, 0.15) is 11.4 Å². The second-order valence-corrected chi connectivity index (χ2v) is 7.66. The number of hydrogen-bond donors (Lipinski definition) is 0. The predicted molar refractivity (Wildman–Crippen MR) is 86.7 cm³/mol. The number of nitrogens with zero attached hydrogens (tertiary/aromatic N) is 3. The molecule has 0 atom stereocenters. The Balaban J connectivity index is 2.21. The molecule has 8 heteroatoms. The summed E-state index contributed by atoms with van der Waals surface area (Å²) in [5.74, 6) is 0.517.